The van der Waals surface area contributed by atoms with Crippen LogP contribution in [0.4, 0.5) is 0 Å². The lowest BCUT2D eigenvalue weighted by molar-refractivity contribution is -0.132. The number of benzene rings is 1. The van der Waals surface area contributed by atoms with Gasteiger partial charge in [-0.25, -0.2) is 0 Å². The van der Waals surface area contributed by atoms with Crippen molar-refractivity contribution >= 4 is 23.1 Å². The zero-order valence-electron chi connectivity index (χ0n) is 11.4. The maximum Gasteiger partial charge on any atom is 0.260 e. The fourth-order valence-electron chi connectivity index (χ4n) is 1.72. The normalized spacial score (nSPS) is 10.0. The molecule has 1 aromatic carbocycles. The molecule has 2 N–H and O–H groups in total. The molecule has 1 rings (SSSR count). The van der Waals surface area contributed by atoms with Gasteiger partial charge in [0.1, 0.15) is 5.75 Å². The van der Waals surface area contributed by atoms with Crippen LogP contribution in [0.25, 0.3) is 0 Å². The fourth-order valence-corrected chi connectivity index (χ4v) is 1.88. The first-order valence-corrected chi connectivity index (χ1v) is 6.75. The molecule has 0 aromatic heterocycles. The van der Waals surface area contributed by atoms with Gasteiger partial charge in [0.2, 0.25) is 0 Å². The molecule has 5 heteroatoms. The molecular formula is C14H20N2O2S. The van der Waals surface area contributed by atoms with Crippen molar-refractivity contribution in [2.45, 2.75) is 20.3 Å². The predicted octanol–water partition coefficient (Wildman–Crippen LogP) is 1.76. The van der Waals surface area contributed by atoms with Crippen LogP contribution in [0.15, 0.2) is 24.3 Å². The largest absolute Gasteiger partial charge is 0.484 e. The van der Waals surface area contributed by atoms with Crippen molar-refractivity contribution < 1.29 is 9.53 Å². The number of amides is 1. The highest BCUT2D eigenvalue weighted by Gasteiger charge is 2.09. The minimum atomic E-state index is -0.00258. The summed E-state index contributed by atoms with van der Waals surface area (Å²) in [5.74, 6) is 0.671. The molecule has 0 aliphatic carbocycles. The van der Waals surface area contributed by atoms with Crippen LogP contribution < -0.4 is 10.5 Å². The maximum absolute atomic E-state index is 11.8. The summed E-state index contributed by atoms with van der Waals surface area (Å²) >= 11 is 4.85. The molecule has 0 saturated heterocycles. The molecule has 1 aromatic rings. The molecule has 0 saturated carbocycles. The van der Waals surface area contributed by atoms with Gasteiger partial charge < -0.3 is 15.4 Å². The number of ether oxygens (including phenoxy) is 1. The van der Waals surface area contributed by atoms with Crippen molar-refractivity contribution in [1.82, 2.24) is 4.90 Å². The van der Waals surface area contributed by atoms with Crippen molar-refractivity contribution in [3.05, 3.63) is 29.8 Å². The third-order valence-corrected chi connectivity index (χ3v) is 2.92. The summed E-state index contributed by atoms with van der Waals surface area (Å²) in [6, 6.07) is 7.44. The molecule has 104 valence electrons. The van der Waals surface area contributed by atoms with Crippen molar-refractivity contribution in [2.75, 3.05) is 19.7 Å². The molecular weight excluding hydrogens is 260 g/mol. The Hall–Kier alpha value is -1.62. The van der Waals surface area contributed by atoms with Crippen LogP contribution in [-0.2, 0) is 11.2 Å². The Bertz CT molecular complexity index is 428. The van der Waals surface area contributed by atoms with Crippen molar-refractivity contribution in [3.63, 3.8) is 0 Å². The van der Waals surface area contributed by atoms with E-state index in [1.165, 1.54) is 0 Å². The van der Waals surface area contributed by atoms with Crippen LogP contribution in [0, 0.1) is 0 Å². The summed E-state index contributed by atoms with van der Waals surface area (Å²) in [5, 5.41) is 0. The topological polar surface area (TPSA) is 55.6 Å². The molecule has 0 heterocycles. The summed E-state index contributed by atoms with van der Waals surface area (Å²) < 4.78 is 5.46. The van der Waals surface area contributed by atoms with Gasteiger partial charge in [-0.2, -0.15) is 0 Å². The molecule has 0 unspecified atom stereocenters. The van der Waals surface area contributed by atoms with Crippen LogP contribution in [0.2, 0.25) is 0 Å². The quantitative estimate of drug-likeness (QED) is 0.773. The first-order valence-electron chi connectivity index (χ1n) is 6.34. The number of likely N-dealkylation sites (N-methyl/N-ethyl adjacent to an activating group) is 1. The van der Waals surface area contributed by atoms with E-state index in [9.17, 15) is 4.79 Å². The second kappa shape index (κ2) is 7.74. The van der Waals surface area contributed by atoms with E-state index in [0.717, 1.165) is 5.56 Å². The van der Waals surface area contributed by atoms with E-state index < -0.39 is 0 Å². The summed E-state index contributed by atoms with van der Waals surface area (Å²) in [7, 11) is 0. The maximum atomic E-state index is 11.8. The van der Waals surface area contributed by atoms with Gasteiger partial charge in [-0.1, -0.05) is 24.4 Å². The zero-order valence-corrected chi connectivity index (χ0v) is 12.2. The Labute approximate surface area is 119 Å². The zero-order chi connectivity index (χ0) is 14.3. The van der Waals surface area contributed by atoms with Gasteiger partial charge >= 0.3 is 0 Å². The lowest BCUT2D eigenvalue weighted by Crippen LogP contribution is -2.34. The van der Waals surface area contributed by atoms with Gasteiger partial charge in [0, 0.05) is 19.5 Å². The van der Waals surface area contributed by atoms with Gasteiger partial charge in [0.05, 0.1) is 4.99 Å². The third-order valence-electron chi connectivity index (χ3n) is 2.78. The van der Waals surface area contributed by atoms with E-state index in [-0.39, 0.29) is 12.5 Å². The van der Waals surface area contributed by atoms with Crippen molar-refractivity contribution in [1.29, 1.82) is 0 Å². The number of carbonyl (C=O) groups excluding carboxylic acids is 1. The lowest BCUT2D eigenvalue weighted by atomic mass is 10.1. The first-order chi connectivity index (χ1) is 9.06. The van der Waals surface area contributed by atoms with Crippen LogP contribution >= 0.6 is 12.2 Å². The SMILES string of the molecule is CCN(CC)C(=O)COc1ccc(CC(N)=S)cc1. The van der Waals surface area contributed by atoms with Gasteiger partial charge in [-0.15, -0.1) is 0 Å². The van der Waals surface area contributed by atoms with Crippen molar-refractivity contribution in [3.8, 4) is 5.75 Å². The fraction of sp³-hybridized carbons (Fsp3) is 0.429. The molecule has 4 nitrogen and oxygen atoms in total. The monoisotopic (exact) mass is 280 g/mol. The Morgan fingerprint density at radius 2 is 1.84 bits per heavy atom. The molecule has 0 fully saturated rings. The minimum Gasteiger partial charge on any atom is -0.484 e. The molecule has 0 atom stereocenters. The van der Waals surface area contributed by atoms with E-state index in [4.69, 9.17) is 22.7 Å². The summed E-state index contributed by atoms with van der Waals surface area (Å²) in [5.41, 5.74) is 6.51. The lowest BCUT2D eigenvalue weighted by Gasteiger charge is -2.18. The third kappa shape index (κ3) is 5.26. The molecule has 0 radical (unpaired) electrons. The van der Waals surface area contributed by atoms with Crippen LogP contribution in [0.3, 0.4) is 0 Å². The molecule has 19 heavy (non-hydrogen) atoms. The summed E-state index contributed by atoms with van der Waals surface area (Å²) in [4.78, 5) is 14.0. The van der Waals surface area contributed by atoms with Gasteiger partial charge in [-0.05, 0) is 31.5 Å². The van der Waals surface area contributed by atoms with Gasteiger partial charge in [0.25, 0.3) is 5.91 Å². The first kappa shape index (κ1) is 15.4. The minimum absolute atomic E-state index is 0.00258. The van der Waals surface area contributed by atoms with Crippen molar-refractivity contribution in [2.24, 2.45) is 5.73 Å². The highest BCUT2D eigenvalue weighted by Crippen LogP contribution is 2.12. The van der Waals surface area contributed by atoms with E-state index in [0.29, 0.717) is 30.2 Å². The Morgan fingerprint density at radius 3 is 2.32 bits per heavy atom. The Morgan fingerprint density at radius 1 is 1.26 bits per heavy atom. The molecule has 0 aliphatic rings. The van der Waals surface area contributed by atoms with Gasteiger partial charge in [0.15, 0.2) is 6.61 Å². The highest BCUT2D eigenvalue weighted by atomic mass is 32.1. The van der Waals surface area contributed by atoms with Crippen LogP contribution in [-0.4, -0.2) is 35.5 Å². The average Bonchev–Trinajstić information content (AvgIpc) is 2.38. The molecule has 1 amide bonds. The number of hydrogen-bond acceptors (Lipinski definition) is 3. The molecule has 0 spiro atoms. The number of thiocarbonyl (C=S) groups is 1. The van der Waals surface area contributed by atoms with E-state index >= 15 is 0 Å². The number of carbonyl (C=O) groups is 1. The highest BCUT2D eigenvalue weighted by molar-refractivity contribution is 7.80. The second-order valence-electron chi connectivity index (χ2n) is 4.14. The second-order valence-corrected chi connectivity index (χ2v) is 4.67. The van der Waals surface area contributed by atoms with Gasteiger partial charge in [-0.3, -0.25) is 4.79 Å². The molecule has 0 aliphatic heterocycles. The summed E-state index contributed by atoms with van der Waals surface area (Å²) in [6.45, 7) is 5.37. The Balaban J connectivity index is 2.50. The van der Waals surface area contributed by atoms with Crippen LogP contribution in [0.1, 0.15) is 19.4 Å². The predicted molar refractivity (Wildman–Crippen MR) is 80.4 cm³/mol. The number of rotatable bonds is 7. The van der Waals surface area contributed by atoms with E-state index in [1.54, 1.807) is 4.90 Å². The standard InChI is InChI=1S/C14H20N2O2S/c1-3-16(4-2)14(17)10-18-12-7-5-11(6-8-12)9-13(15)19/h5-8H,3-4,9-10H2,1-2H3,(H2,15,19). The average molecular weight is 280 g/mol. The number of hydrogen-bond donors (Lipinski definition) is 1. The number of nitrogens with two attached hydrogens (primary N) is 1. The van der Waals surface area contributed by atoms with E-state index in [1.807, 2.05) is 38.1 Å². The van der Waals surface area contributed by atoms with Crippen LogP contribution in [0.5, 0.6) is 5.75 Å². The summed E-state index contributed by atoms with van der Waals surface area (Å²) in [6.07, 6.45) is 0.577. The number of nitrogens with zero attached hydrogens (tertiary/aromatic N) is 1. The Kier molecular flexibility index (Phi) is 6.29. The smallest absolute Gasteiger partial charge is 0.260 e. The molecule has 0 bridgehead atoms. The van der Waals surface area contributed by atoms with E-state index in [2.05, 4.69) is 0 Å².